The molecule has 0 radical (unpaired) electrons. The predicted molar refractivity (Wildman–Crippen MR) is 101 cm³/mol. The lowest BCUT2D eigenvalue weighted by Crippen LogP contribution is -2.36. The van der Waals surface area contributed by atoms with Crippen molar-refractivity contribution in [1.82, 2.24) is 4.98 Å². The maximum Gasteiger partial charge on any atom is 0.328 e. The molecule has 2 aromatic carbocycles. The van der Waals surface area contributed by atoms with E-state index in [1.807, 2.05) is 30.5 Å². The molecule has 140 valence electrons. The fraction of sp³-hybridized carbons (Fsp3) is 0.200. The van der Waals surface area contributed by atoms with Crippen LogP contribution in [0.3, 0.4) is 0 Å². The van der Waals surface area contributed by atoms with E-state index in [0.29, 0.717) is 12.2 Å². The summed E-state index contributed by atoms with van der Waals surface area (Å²) in [4.78, 5) is 26.2. The van der Waals surface area contributed by atoms with E-state index in [1.165, 1.54) is 0 Å². The molecular weight excluding hydrogens is 346 g/mol. The number of carboxylic acids is 1. The van der Waals surface area contributed by atoms with Crippen LogP contribution in [-0.2, 0) is 22.4 Å². The van der Waals surface area contributed by atoms with Gasteiger partial charge in [0.2, 0.25) is 0 Å². The molecule has 0 saturated carbocycles. The Labute approximate surface area is 155 Å². The van der Waals surface area contributed by atoms with Gasteiger partial charge in [0, 0.05) is 23.5 Å². The van der Waals surface area contributed by atoms with Gasteiger partial charge in [0.1, 0.15) is 17.8 Å². The molecule has 3 rings (SSSR count). The second-order valence-electron chi connectivity index (χ2n) is 6.38. The molecule has 0 aliphatic carbocycles. The smallest absolute Gasteiger partial charge is 0.328 e. The second-order valence-corrected chi connectivity index (χ2v) is 6.38. The van der Waals surface area contributed by atoms with Crippen LogP contribution in [0.15, 0.2) is 54.7 Å². The number of rotatable bonds is 7. The molecule has 0 bridgehead atoms. The number of hydrogen-bond acceptors (Lipinski definition) is 5. The molecule has 0 spiro atoms. The minimum absolute atomic E-state index is 0.198. The summed E-state index contributed by atoms with van der Waals surface area (Å²) in [5.41, 5.74) is 14.2. The average molecular weight is 367 g/mol. The van der Waals surface area contributed by atoms with Crippen molar-refractivity contribution < 1.29 is 19.4 Å². The maximum absolute atomic E-state index is 12.3. The summed E-state index contributed by atoms with van der Waals surface area (Å²) >= 11 is 0. The summed E-state index contributed by atoms with van der Waals surface area (Å²) in [6.45, 7) is 0. The molecule has 0 aliphatic rings. The third kappa shape index (κ3) is 4.52. The number of aromatic nitrogens is 1. The number of para-hydroxylation sites is 1. The van der Waals surface area contributed by atoms with Crippen molar-refractivity contribution in [1.29, 1.82) is 0 Å². The zero-order valence-corrected chi connectivity index (χ0v) is 14.6. The van der Waals surface area contributed by atoms with Gasteiger partial charge >= 0.3 is 11.9 Å². The number of benzene rings is 2. The van der Waals surface area contributed by atoms with E-state index in [9.17, 15) is 9.59 Å². The van der Waals surface area contributed by atoms with E-state index in [4.69, 9.17) is 21.3 Å². The van der Waals surface area contributed by atoms with Gasteiger partial charge in [-0.3, -0.25) is 4.79 Å². The molecule has 0 fully saturated rings. The lowest BCUT2D eigenvalue weighted by molar-refractivity contribution is -0.138. The Morgan fingerprint density at radius 1 is 1.00 bits per heavy atom. The van der Waals surface area contributed by atoms with Crippen molar-refractivity contribution >= 4 is 22.8 Å². The van der Waals surface area contributed by atoms with Gasteiger partial charge in [-0.1, -0.05) is 30.3 Å². The summed E-state index contributed by atoms with van der Waals surface area (Å²) < 4.78 is 5.32. The van der Waals surface area contributed by atoms with Crippen LogP contribution in [0.25, 0.3) is 10.9 Å². The average Bonchev–Trinajstić information content (AvgIpc) is 3.06. The van der Waals surface area contributed by atoms with E-state index < -0.39 is 24.0 Å². The Hall–Kier alpha value is -3.16. The van der Waals surface area contributed by atoms with Crippen molar-refractivity contribution in [2.75, 3.05) is 0 Å². The standard InChI is InChI=1S/C20H21N3O4/c21-16(19(24)25)9-12-5-7-14(8-6-12)27-20(26)17(22)10-13-11-23-18-4-2-1-3-15(13)18/h1-8,11,16-17,23H,9-10,21-22H2,(H,24,25). The van der Waals surface area contributed by atoms with Crippen LogP contribution in [0.4, 0.5) is 0 Å². The first-order chi connectivity index (χ1) is 12.9. The van der Waals surface area contributed by atoms with Crippen LogP contribution >= 0.6 is 0 Å². The Morgan fingerprint density at radius 3 is 2.41 bits per heavy atom. The van der Waals surface area contributed by atoms with Gasteiger partial charge in [0.25, 0.3) is 0 Å². The van der Waals surface area contributed by atoms with Crippen LogP contribution in [0, 0.1) is 0 Å². The van der Waals surface area contributed by atoms with E-state index in [2.05, 4.69) is 4.98 Å². The molecule has 6 N–H and O–H groups in total. The first kappa shape index (κ1) is 18.6. The highest BCUT2D eigenvalue weighted by Gasteiger charge is 2.19. The Bertz CT molecular complexity index is 949. The summed E-state index contributed by atoms with van der Waals surface area (Å²) in [6.07, 6.45) is 2.40. The predicted octanol–water partition coefficient (Wildman–Crippen LogP) is 1.60. The first-order valence-electron chi connectivity index (χ1n) is 8.53. The quantitative estimate of drug-likeness (QED) is 0.370. The Balaban J connectivity index is 1.60. The van der Waals surface area contributed by atoms with Gasteiger partial charge < -0.3 is 26.3 Å². The maximum atomic E-state index is 12.3. The Kier molecular flexibility index (Phi) is 5.54. The van der Waals surface area contributed by atoms with Gasteiger partial charge in [-0.05, 0) is 35.7 Å². The van der Waals surface area contributed by atoms with Crippen LogP contribution in [0.5, 0.6) is 5.75 Å². The number of nitrogens with two attached hydrogens (primary N) is 2. The van der Waals surface area contributed by atoms with Gasteiger partial charge in [-0.2, -0.15) is 0 Å². The summed E-state index contributed by atoms with van der Waals surface area (Å²) in [5.74, 6) is -1.24. The van der Waals surface area contributed by atoms with Crippen LogP contribution < -0.4 is 16.2 Å². The zero-order chi connectivity index (χ0) is 19.4. The number of aliphatic carboxylic acids is 1. The number of H-pyrrole nitrogens is 1. The van der Waals surface area contributed by atoms with Gasteiger partial charge in [0.05, 0.1) is 0 Å². The normalized spacial score (nSPS) is 13.3. The summed E-state index contributed by atoms with van der Waals surface area (Å²) in [7, 11) is 0. The van der Waals surface area contributed by atoms with Gasteiger partial charge in [0.15, 0.2) is 0 Å². The fourth-order valence-corrected chi connectivity index (χ4v) is 2.85. The summed E-state index contributed by atoms with van der Waals surface area (Å²) in [5, 5.41) is 9.87. The molecule has 0 saturated heterocycles. The first-order valence-corrected chi connectivity index (χ1v) is 8.53. The number of esters is 1. The number of carbonyl (C=O) groups excluding carboxylic acids is 1. The molecule has 3 aromatic rings. The molecule has 7 heteroatoms. The largest absolute Gasteiger partial charge is 0.480 e. The van der Waals surface area contributed by atoms with Gasteiger partial charge in [-0.25, -0.2) is 4.79 Å². The summed E-state index contributed by atoms with van der Waals surface area (Å²) in [6, 6.07) is 12.6. The SMILES string of the molecule is NC(Cc1ccc(OC(=O)C(N)Cc2c[nH]c3ccccc23)cc1)C(=O)O. The molecule has 0 aliphatic heterocycles. The van der Waals surface area contributed by atoms with Crippen LogP contribution in [0.1, 0.15) is 11.1 Å². The number of nitrogens with one attached hydrogen (secondary N) is 1. The van der Waals surface area contributed by atoms with Crippen molar-refractivity contribution in [2.24, 2.45) is 11.5 Å². The molecule has 2 unspecified atom stereocenters. The molecule has 7 nitrogen and oxygen atoms in total. The molecule has 0 amide bonds. The highest BCUT2D eigenvalue weighted by atomic mass is 16.5. The van der Waals surface area contributed by atoms with Crippen molar-refractivity contribution in [3.8, 4) is 5.75 Å². The lowest BCUT2D eigenvalue weighted by Gasteiger charge is -2.12. The van der Waals surface area contributed by atoms with E-state index >= 15 is 0 Å². The van der Waals surface area contributed by atoms with Crippen LogP contribution in [0.2, 0.25) is 0 Å². The molecule has 1 aromatic heterocycles. The molecule has 1 heterocycles. The van der Waals surface area contributed by atoms with E-state index in [0.717, 1.165) is 22.0 Å². The van der Waals surface area contributed by atoms with E-state index in [-0.39, 0.29) is 6.42 Å². The zero-order valence-electron chi connectivity index (χ0n) is 14.6. The second kappa shape index (κ2) is 8.03. The topological polar surface area (TPSA) is 131 Å². The fourth-order valence-electron chi connectivity index (χ4n) is 2.85. The highest BCUT2D eigenvalue weighted by Crippen LogP contribution is 2.19. The van der Waals surface area contributed by atoms with E-state index in [1.54, 1.807) is 24.3 Å². The number of ether oxygens (including phenoxy) is 1. The molecular formula is C20H21N3O4. The lowest BCUT2D eigenvalue weighted by atomic mass is 10.1. The minimum Gasteiger partial charge on any atom is -0.480 e. The highest BCUT2D eigenvalue weighted by molar-refractivity contribution is 5.85. The molecule has 2 atom stereocenters. The van der Waals surface area contributed by atoms with Crippen LogP contribution in [-0.4, -0.2) is 34.1 Å². The number of carboxylic acid groups (broad SMARTS) is 1. The van der Waals surface area contributed by atoms with Crippen molar-refractivity contribution in [3.63, 3.8) is 0 Å². The monoisotopic (exact) mass is 367 g/mol. The number of carbonyl (C=O) groups is 2. The van der Waals surface area contributed by atoms with Crippen molar-refractivity contribution in [3.05, 3.63) is 65.9 Å². The third-order valence-corrected chi connectivity index (χ3v) is 4.33. The van der Waals surface area contributed by atoms with Crippen molar-refractivity contribution in [2.45, 2.75) is 24.9 Å². The number of aromatic amines is 1. The van der Waals surface area contributed by atoms with Gasteiger partial charge in [-0.15, -0.1) is 0 Å². The third-order valence-electron chi connectivity index (χ3n) is 4.33. The minimum atomic E-state index is -1.06. The number of hydrogen-bond donors (Lipinski definition) is 4. The number of fused-ring (bicyclic) bond motifs is 1. The molecule has 27 heavy (non-hydrogen) atoms. The Morgan fingerprint density at radius 2 is 1.70 bits per heavy atom.